The summed E-state index contributed by atoms with van der Waals surface area (Å²) in [7, 11) is 0. The Bertz CT molecular complexity index is 1490. The van der Waals surface area contributed by atoms with Crippen LogP contribution in [-0.2, 0) is 25.6 Å². The number of nitrogens with zero attached hydrogens (tertiary/aromatic N) is 1. The maximum absolute atomic E-state index is 14.3. The van der Waals surface area contributed by atoms with E-state index >= 15 is 0 Å². The molecule has 1 aliphatic heterocycles. The van der Waals surface area contributed by atoms with Crippen LogP contribution in [0.15, 0.2) is 76.2 Å². The van der Waals surface area contributed by atoms with Crippen molar-refractivity contribution >= 4 is 56.9 Å². The fourth-order valence-corrected chi connectivity index (χ4v) is 5.26. The number of aliphatic imine (C=N–C) groups is 1. The molecule has 0 unspecified atom stereocenters. The molecular formula is C33H35BrCl2N2O6. The molecule has 0 aliphatic carbocycles. The van der Waals surface area contributed by atoms with Crippen molar-refractivity contribution in [2.75, 3.05) is 13.2 Å². The van der Waals surface area contributed by atoms with E-state index in [1.165, 1.54) is 0 Å². The lowest BCUT2D eigenvalue weighted by atomic mass is 9.83. The molecule has 234 valence electrons. The third-order valence-corrected chi connectivity index (χ3v) is 8.04. The van der Waals surface area contributed by atoms with Crippen LogP contribution in [0.2, 0.25) is 10.0 Å². The number of nitrogens with one attached hydrogen (secondary N) is 1. The second-order valence-electron chi connectivity index (χ2n) is 11.4. The number of esters is 1. The number of amides is 1. The third kappa shape index (κ3) is 8.75. The number of ether oxygens (including phenoxy) is 3. The van der Waals surface area contributed by atoms with Crippen LogP contribution in [0, 0.1) is 0 Å². The second-order valence-corrected chi connectivity index (χ2v) is 13.1. The monoisotopic (exact) mass is 704 g/mol. The van der Waals surface area contributed by atoms with Crippen LogP contribution < -0.4 is 10.1 Å². The highest BCUT2D eigenvalue weighted by Crippen LogP contribution is 2.44. The van der Waals surface area contributed by atoms with Crippen molar-refractivity contribution in [2.24, 2.45) is 4.99 Å². The van der Waals surface area contributed by atoms with Gasteiger partial charge in [-0.1, -0.05) is 57.3 Å². The zero-order chi connectivity index (χ0) is 31.9. The summed E-state index contributed by atoms with van der Waals surface area (Å²) in [6.45, 7) is 5.95. The van der Waals surface area contributed by atoms with Crippen LogP contribution in [-0.4, -0.2) is 47.2 Å². The Morgan fingerprint density at radius 3 is 2.39 bits per heavy atom. The van der Waals surface area contributed by atoms with Crippen LogP contribution >= 0.6 is 39.1 Å². The molecule has 0 aromatic heterocycles. The molecule has 2 atom stereocenters. The van der Waals surface area contributed by atoms with E-state index in [1.807, 2.05) is 24.3 Å². The molecule has 4 rings (SSSR count). The second kappa shape index (κ2) is 14.8. The number of halogens is 3. The molecule has 0 saturated carbocycles. The molecule has 3 aromatic rings. The van der Waals surface area contributed by atoms with Crippen molar-refractivity contribution in [1.82, 2.24) is 5.32 Å². The largest absolute Gasteiger partial charge is 0.494 e. The van der Waals surface area contributed by atoms with Crippen molar-refractivity contribution in [1.29, 1.82) is 0 Å². The number of aliphatic hydroxyl groups is 1. The minimum atomic E-state index is -1.51. The first-order chi connectivity index (χ1) is 20.9. The van der Waals surface area contributed by atoms with Crippen LogP contribution in [0.25, 0.3) is 0 Å². The Labute approximate surface area is 275 Å². The van der Waals surface area contributed by atoms with Gasteiger partial charge in [-0.25, -0.2) is 4.99 Å². The molecule has 8 nitrogen and oxygen atoms in total. The molecule has 11 heteroatoms. The minimum absolute atomic E-state index is 0.0295. The number of rotatable bonds is 12. The number of hydrogen-bond acceptors (Lipinski definition) is 7. The fourth-order valence-electron chi connectivity index (χ4n) is 4.68. The van der Waals surface area contributed by atoms with E-state index < -0.39 is 29.1 Å². The summed E-state index contributed by atoms with van der Waals surface area (Å²) in [5.41, 5.74) is -0.0995. The van der Waals surface area contributed by atoms with Gasteiger partial charge in [-0.05, 0) is 86.8 Å². The number of benzene rings is 3. The predicted octanol–water partition coefficient (Wildman–Crippen LogP) is 7.21. The van der Waals surface area contributed by atoms with Crippen molar-refractivity contribution in [3.63, 3.8) is 0 Å². The lowest BCUT2D eigenvalue weighted by molar-refractivity contribution is -0.155. The summed E-state index contributed by atoms with van der Waals surface area (Å²) in [4.78, 5) is 32.1. The van der Waals surface area contributed by atoms with Crippen LogP contribution in [0.3, 0.4) is 0 Å². The van der Waals surface area contributed by atoms with Crippen molar-refractivity contribution < 1.29 is 28.9 Å². The van der Waals surface area contributed by atoms with Gasteiger partial charge in [0.1, 0.15) is 11.4 Å². The zero-order valence-electron chi connectivity index (χ0n) is 24.7. The third-order valence-electron chi connectivity index (χ3n) is 6.77. The van der Waals surface area contributed by atoms with Crippen molar-refractivity contribution in [3.8, 4) is 5.75 Å². The molecule has 0 spiro atoms. The van der Waals surface area contributed by atoms with Crippen LogP contribution in [0.1, 0.15) is 62.8 Å². The average Bonchev–Trinajstić information content (AvgIpc) is 3.37. The molecular weight excluding hydrogens is 671 g/mol. The Balaban J connectivity index is 1.72. The van der Waals surface area contributed by atoms with Gasteiger partial charge in [-0.15, -0.1) is 0 Å². The lowest BCUT2D eigenvalue weighted by Crippen LogP contribution is -2.48. The summed E-state index contributed by atoms with van der Waals surface area (Å²) in [6, 6.07) is 19.7. The summed E-state index contributed by atoms with van der Waals surface area (Å²) >= 11 is 15.8. The van der Waals surface area contributed by atoms with E-state index in [-0.39, 0.29) is 31.9 Å². The summed E-state index contributed by atoms with van der Waals surface area (Å²) in [5.74, 6) is 0.0188. The van der Waals surface area contributed by atoms with Gasteiger partial charge in [0.15, 0.2) is 11.6 Å². The van der Waals surface area contributed by atoms with Gasteiger partial charge in [0.05, 0.1) is 16.7 Å². The number of hydrogen-bond donors (Lipinski definition) is 2. The van der Waals surface area contributed by atoms with Gasteiger partial charge >= 0.3 is 5.97 Å². The smallest absolute Gasteiger partial charge is 0.306 e. The molecule has 0 saturated heterocycles. The molecule has 0 radical (unpaired) electrons. The predicted molar refractivity (Wildman–Crippen MR) is 174 cm³/mol. The number of carbonyl (C=O) groups excluding carboxylic acids is 2. The Morgan fingerprint density at radius 2 is 1.75 bits per heavy atom. The molecule has 1 aliphatic rings. The molecule has 2 N–H and O–H groups in total. The van der Waals surface area contributed by atoms with Crippen LogP contribution in [0.4, 0.5) is 0 Å². The topological polar surface area (TPSA) is 106 Å². The molecule has 1 amide bonds. The normalized spacial score (nSPS) is 17.9. The SMILES string of the molecule is CC(C)(C)OC(=O)CC[C@@]1(C(=O)NCc2ccc(Cl)c(Cl)c2)N=C(c2ccc(OCCCO)cc2)O[C@@H]1c1ccc(Br)cc1. The molecule has 1 heterocycles. The van der Waals surface area contributed by atoms with E-state index in [9.17, 15) is 9.59 Å². The Hall–Kier alpha value is -3.11. The first-order valence-electron chi connectivity index (χ1n) is 14.2. The molecule has 0 bridgehead atoms. The summed E-state index contributed by atoms with van der Waals surface area (Å²) in [6.07, 6.45) is -0.365. The Morgan fingerprint density at radius 1 is 1.05 bits per heavy atom. The van der Waals surface area contributed by atoms with Crippen LogP contribution in [0.5, 0.6) is 5.75 Å². The van der Waals surface area contributed by atoms with Gasteiger partial charge in [0, 0.05) is 36.0 Å². The number of aliphatic hydroxyl groups excluding tert-OH is 1. The van der Waals surface area contributed by atoms with E-state index in [0.29, 0.717) is 39.9 Å². The van der Waals surface area contributed by atoms with E-state index in [0.717, 1.165) is 10.0 Å². The molecule has 3 aromatic carbocycles. The average molecular weight is 706 g/mol. The van der Waals surface area contributed by atoms with E-state index in [4.69, 9.17) is 47.5 Å². The van der Waals surface area contributed by atoms with Gasteiger partial charge in [0.25, 0.3) is 5.91 Å². The van der Waals surface area contributed by atoms with E-state index in [1.54, 1.807) is 63.2 Å². The standard InChI is InChI=1S/C33H35BrCl2N2O6/c1-32(2,3)44-28(40)15-16-33(31(41)37-20-21-5-14-26(35)27(36)19-21)29(22-6-10-24(34)11-7-22)43-30(38-33)23-8-12-25(13-9-23)42-18-4-17-39/h5-14,19,29,39H,4,15-18,20H2,1-3H3,(H,37,41)/t29-,33-/m1/s1. The van der Waals surface area contributed by atoms with Gasteiger partial charge in [-0.3, -0.25) is 9.59 Å². The quantitative estimate of drug-likeness (QED) is 0.152. The highest BCUT2D eigenvalue weighted by atomic mass is 79.9. The summed E-state index contributed by atoms with van der Waals surface area (Å²) < 4.78 is 18.6. The summed E-state index contributed by atoms with van der Waals surface area (Å²) in [5, 5.41) is 12.8. The fraction of sp³-hybridized carbons (Fsp3) is 0.364. The first-order valence-corrected chi connectivity index (χ1v) is 15.8. The first kappa shape index (κ1) is 33.8. The van der Waals surface area contributed by atoms with E-state index in [2.05, 4.69) is 21.2 Å². The Kier molecular flexibility index (Phi) is 11.3. The maximum Gasteiger partial charge on any atom is 0.306 e. The van der Waals surface area contributed by atoms with Gasteiger partial charge < -0.3 is 24.6 Å². The molecule has 44 heavy (non-hydrogen) atoms. The number of carbonyl (C=O) groups is 2. The van der Waals surface area contributed by atoms with Crippen molar-refractivity contribution in [2.45, 2.75) is 63.8 Å². The van der Waals surface area contributed by atoms with Gasteiger partial charge in [-0.2, -0.15) is 0 Å². The highest BCUT2D eigenvalue weighted by molar-refractivity contribution is 9.10. The minimum Gasteiger partial charge on any atom is -0.494 e. The lowest BCUT2D eigenvalue weighted by Gasteiger charge is -2.31. The van der Waals surface area contributed by atoms with Gasteiger partial charge in [0.2, 0.25) is 5.90 Å². The molecule has 0 fully saturated rings. The van der Waals surface area contributed by atoms with Crippen molar-refractivity contribution in [3.05, 3.63) is 97.9 Å². The highest BCUT2D eigenvalue weighted by Gasteiger charge is 2.53. The zero-order valence-corrected chi connectivity index (χ0v) is 27.8. The maximum atomic E-state index is 14.3.